The highest BCUT2D eigenvalue weighted by molar-refractivity contribution is 7.92. The molecule has 3 N–H and O–H groups in total. The van der Waals surface area contributed by atoms with Crippen molar-refractivity contribution in [2.75, 3.05) is 42.7 Å². The lowest BCUT2D eigenvalue weighted by molar-refractivity contribution is 0.0842. The molecule has 0 unspecified atom stereocenters. The number of aliphatic hydroxyl groups excluding tert-OH is 1. The summed E-state index contributed by atoms with van der Waals surface area (Å²) < 4.78 is 33.8. The molecule has 12 nitrogen and oxygen atoms in total. The lowest BCUT2D eigenvalue weighted by Gasteiger charge is -2.28. The minimum Gasteiger partial charge on any atom is -0.389 e. The molecule has 0 spiro atoms. The number of hydrogen-bond acceptors (Lipinski definition) is 8. The van der Waals surface area contributed by atoms with E-state index >= 15 is 0 Å². The van der Waals surface area contributed by atoms with Crippen LogP contribution < -0.4 is 19.8 Å². The lowest BCUT2D eigenvalue weighted by atomic mass is 9.99. The maximum atomic E-state index is 14.0. The first-order chi connectivity index (χ1) is 24.5. The van der Waals surface area contributed by atoms with Gasteiger partial charge in [0.05, 0.1) is 42.7 Å². The van der Waals surface area contributed by atoms with E-state index in [1.165, 1.54) is 25.2 Å². The van der Waals surface area contributed by atoms with Gasteiger partial charge < -0.3 is 29.9 Å². The Morgan fingerprint density at radius 2 is 1.54 bits per heavy atom. The number of carbonyl (C=O) groups excluding carboxylic acids is 2. The molecule has 52 heavy (non-hydrogen) atoms. The van der Waals surface area contributed by atoms with Crippen molar-refractivity contribution in [1.82, 2.24) is 20.2 Å². The van der Waals surface area contributed by atoms with Crippen molar-refractivity contribution in [1.29, 1.82) is 0 Å². The summed E-state index contributed by atoms with van der Waals surface area (Å²) in [6.07, 6.45) is 3.85. The quantitative estimate of drug-likeness (QED) is 0.0961. The van der Waals surface area contributed by atoms with Gasteiger partial charge in [0.2, 0.25) is 10.0 Å². The van der Waals surface area contributed by atoms with E-state index in [1.807, 2.05) is 90.3 Å². The summed E-state index contributed by atoms with van der Waals surface area (Å²) in [6, 6.07) is 23.2. The Balaban J connectivity index is 1.55. The molecule has 0 aliphatic heterocycles. The van der Waals surface area contributed by atoms with E-state index in [9.17, 15) is 23.1 Å². The zero-order chi connectivity index (χ0) is 38.1. The molecule has 0 radical (unpaired) electrons. The molecule has 0 saturated carbocycles. The number of amides is 2. The van der Waals surface area contributed by atoms with Crippen LogP contribution in [0.1, 0.15) is 44.8 Å². The van der Waals surface area contributed by atoms with Gasteiger partial charge in [-0.25, -0.2) is 13.4 Å². The van der Waals surface area contributed by atoms with E-state index in [4.69, 9.17) is 4.74 Å². The molecule has 0 aliphatic rings. The van der Waals surface area contributed by atoms with Crippen LogP contribution in [0.4, 0.5) is 11.5 Å². The number of likely N-dealkylation sites (N-methyl/N-ethyl adjacent to an activating group) is 1. The second-order valence-electron chi connectivity index (χ2n) is 14.4. The monoisotopic (exact) mass is 748 g/mol. The predicted molar refractivity (Wildman–Crippen MR) is 209 cm³/mol. The fourth-order valence-electron chi connectivity index (χ4n) is 5.42. The van der Waals surface area contributed by atoms with Crippen molar-refractivity contribution >= 4 is 41.4 Å². The molecule has 1 aromatic heterocycles. The summed E-state index contributed by atoms with van der Waals surface area (Å²) in [7, 11) is -1.75. The number of benzene rings is 3. The fraction of sp³-hybridized carbons (Fsp3) is 0.395. The number of aromatic nitrogens is 2. The molecule has 3 atom stereocenters. The van der Waals surface area contributed by atoms with Crippen molar-refractivity contribution in [2.24, 2.45) is 0 Å². The van der Waals surface area contributed by atoms with Crippen LogP contribution >= 0.6 is 0 Å². The zero-order valence-electron chi connectivity index (χ0n) is 31.1. The molecule has 3 aromatic carbocycles. The Hall–Kier alpha value is -4.50. The molecule has 2 amide bonds. The van der Waals surface area contributed by atoms with E-state index in [2.05, 4.69) is 35.3 Å². The first-order valence-corrected chi connectivity index (χ1v) is 22.8. The Kier molecular flexibility index (Phi) is 13.8. The number of anilines is 2. The molecular formula is C38H52N6O6SSi. The van der Waals surface area contributed by atoms with Crippen LogP contribution in [-0.4, -0.2) is 88.6 Å². The van der Waals surface area contributed by atoms with Crippen LogP contribution in [0, 0.1) is 0 Å². The van der Waals surface area contributed by atoms with Crippen LogP contribution in [0.25, 0.3) is 0 Å². The molecule has 0 saturated heterocycles. The van der Waals surface area contributed by atoms with Gasteiger partial charge in [-0.1, -0.05) is 80.3 Å². The van der Waals surface area contributed by atoms with Gasteiger partial charge in [0.15, 0.2) is 0 Å². The minimum absolute atomic E-state index is 0.0667. The predicted octanol–water partition coefficient (Wildman–Crippen LogP) is 4.92. The summed E-state index contributed by atoms with van der Waals surface area (Å²) in [5, 5.41) is 17.5. The third-order valence-corrected chi connectivity index (χ3v) is 11.6. The number of nitrogens with zero attached hydrogens (tertiary/aromatic N) is 4. The SMILES string of the molecule is C[C@@H](NC(=O)c1cc(C(=O)N[C@@H](Cc2ccccc2)[C@H](O)CN(C)c2cn(COCC[Si](C)(C)C)cn2)cc(N(C)S(C)(=O)=O)c1)c1ccccc1. The molecule has 4 aromatic rings. The van der Waals surface area contributed by atoms with E-state index < -0.39 is 42.1 Å². The second kappa shape index (κ2) is 17.8. The molecule has 14 heteroatoms. The van der Waals surface area contributed by atoms with Crippen LogP contribution in [-0.2, 0) is 27.9 Å². The summed E-state index contributed by atoms with van der Waals surface area (Å²) in [5.41, 5.74) is 2.11. The van der Waals surface area contributed by atoms with E-state index in [0.29, 0.717) is 25.6 Å². The first kappa shape index (κ1) is 40.3. The summed E-state index contributed by atoms with van der Waals surface area (Å²) in [4.78, 5) is 33.8. The van der Waals surface area contributed by atoms with Crippen molar-refractivity contribution < 1.29 is 27.9 Å². The Morgan fingerprint density at radius 1 is 0.942 bits per heavy atom. The molecule has 4 rings (SSSR count). The van der Waals surface area contributed by atoms with E-state index in [-0.39, 0.29) is 29.4 Å². The average Bonchev–Trinajstić information content (AvgIpc) is 3.58. The Labute approximate surface area is 308 Å². The maximum absolute atomic E-state index is 14.0. The molecule has 0 aliphatic carbocycles. The Bertz CT molecular complexity index is 1880. The number of ether oxygens (including phenoxy) is 1. The van der Waals surface area contributed by atoms with Crippen LogP contribution in [0.2, 0.25) is 25.7 Å². The lowest BCUT2D eigenvalue weighted by Crippen LogP contribution is -2.49. The fourth-order valence-corrected chi connectivity index (χ4v) is 6.67. The summed E-state index contributed by atoms with van der Waals surface area (Å²) in [5.74, 6) is -0.414. The van der Waals surface area contributed by atoms with Gasteiger partial charge in [0, 0.05) is 46.4 Å². The minimum atomic E-state index is -3.72. The zero-order valence-corrected chi connectivity index (χ0v) is 32.9. The normalized spacial score (nSPS) is 13.5. The number of rotatable bonds is 18. The molecule has 0 fully saturated rings. The van der Waals surface area contributed by atoms with Gasteiger partial charge >= 0.3 is 0 Å². The van der Waals surface area contributed by atoms with Gasteiger partial charge in [-0.2, -0.15) is 0 Å². The van der Waals surface area contributed by atoms with Crippen LogP contribution in [0.15, 0.2) is 91.4 Å². The smallest absolute Gasteiger partial charge is 0.251 e. The Morgan fingerprint density at radius 3 is 2.13 bits per heavy atom. The van der Waals surface area contributed by atoms with Gasteiger partial charge in [-0.15, -0.1) is 0 Å². The number of imidazole rings is 1. The second-order valence-corrected chi connectivity index (χ2v) is 22.1. The highest BCUT2D eigenvalue weighted by Crippen LogP contribution is 2.23. The summed E-state index contributed by atoms with van der Waals surface area (Å²) in [6.45, 7) is 9.96. The van der Waals surface area contributed by atoms with Gasteiger partial charge in [-0.3, -0.25) is 13.9 Å². The third kappa shape index (κ3) is 12.0. The van der Waals surface area contributed by atoms with E-state index in [1.54, 1.807) is 6.33 Å². The van der Waals surface area contributed by atoms with Crippen molar-refractivity contribution in [3.8, 4) is 0 Å². The number of carbonyl (C=O) groups is 2. The van der Waals surface area contributed by atoms with Crippen molar-refractivity contribution in [2.45, 2.75) is 63.9 Å². The largest absolute Gasteiger partial charge is 0.389 e. The average molecular weight is 749 g/mol. The van der Waals surface area contributed by atoms with Crippen LogP contribution in [0.5, 0.6) is 0 Å². The molecular weight excluding hydrogens is 697 g/mol. The molecule has 1 heterocycles. The number of hydrogen-bond donors (Lipinski definition) is 3. The highest BCUT2D eigenvalue weighted by Gasteiger charge is 2.26. The first-order valence-electron chi connectivity index (χ1n) is 17.3. The molecule has 0 bridgehead atoms. The van der Waals surface area contributed by atoms with Crippen molar-refractivity contribution in [3.05, 3.63) is 114 Å². The van der Waals surface area contributed by atoms with Crippen molar-refractivity contribution in [3.63, 3.8) is 0 Å². The molecule has 280 valence electrons. The number of aliphatic hydroxyl groups is 1. The topological polar surface area (TPSA) is 146 Å². The van der Waals surface area contributed by atoms with Crippen LogP contribution in [0.3, 0.4) is 0 Å². The highest BCUT2D eigenvalue weighted by atomic mass is 32.2. The third-order valence-electron chi connectivity index (χ3n) is 8.74. The van der Waals surface area contributed by atoms with Gasteiger partial charge in [-0.05, 0) is 48.7 Å². The van der Waals surface area contributed by atoms with Gasteiger partial charge in [0.25, 0.3) is 11.8 Å². The number of nitrogens with one attached hydrogen (secondary N) is 2. The number of sulfonamides is 1. The standard InChI is InChI=1S/C38H52N6O6SSi/c1-28(30-16-12-9-13-17-30)40-37(46)31-21-32(23-33(22-31)43(3)51(4,48)49)38(47)41-34(20-29-14-10-8-11-15-29)35(45)24-42(2)36-25-44(26-39-36)27-50-18-19-52(5,6)7/h8-17,21-23,25-26,28,34-35,45H,18-20,24,27H2,1-7H3,(H,40,46)(H,41,47)/t28-,34+,35-/m1/s1. The maximum Gasteiger partial charge on any atom is 0.251 e. The van der Waals surface area contributed by atoms with Gasteiger partial charge in [0.1, 0.15) is 12.5 Å². The summed E-state index contributed by atoms with van der Waals surface area (Å²) >= 11 is 0. The van der Waals surface area contributed by atoms with E-state index in [0.717, 1.165) is 27.7 Å².